The SMILES string of the molecule is O=C(O)c1cc(S)cc2[nH]c3cccc(-c4cccc(OC(F)(F)F)c4)c3c12. The quantitative estimate of drug-likeness (QED) is 0.375. The van der Waals surface area contributed by atoms with Gasteiger partial charge in [0.1, 0.15) is 5.75 Å². The monoisotopic (exact) mass is 403 g/mol. The Bertz CT molecular complexity index is 1230. The van der Waals surface area contributed by atoms with Crippen molar-refractivity contribution in [1.82, 2.24) is 4.98 Å². The van der Waals surface area contributed by atoms with Crippen LogP contribution >= 0.6 is 12.6 Å². The molecule has 2 N–H and O–H groups in total. The van der Waals surface area contributed by atoms with E-state index >= 15 is 0 Å². The van der Waals surface area contributed by atoms with Crippen LogP contribution in [0.5, 0.6) is 5.75 Å². The van der Waals surface area contributed by atoms with Crippen LogP contribution < -0.4 is 4.74 Å². The van der Waals surface area contributed by atoms with Crippen LogP contribution in [0, 0.1) is 0 Å². The van der Waals surface area contributed by atoms with Crippen molar-refractivity contribution >= 4 is 40.4 Å². The summed E-state index contributed by atoms with van der Waals surface area (Å²) in [7, 11) is 0. The molecule has 142 valence electrons. The molecule has 0 aliphatic rings. The second kappa shape index (κ2) is 6.49. The van der Waals surface area contributed by atoms with Gasteiger partial charge >= 0.3 is 12.3 Å². The molecule has 0 radical (unpaired) electrons. The zero-order valence-corrected chi connectivity index (χ0v) is 14.9. The summed E-state index contributed by atoms with van der Waals surface area (Å²) in [6, 6.07) is 14.0. The van der Waals surface area contributed by atoms with Gasteiger partial charge in [0.05, 0.1) is 5.56 Å². The minimum Gasteiger partial charge on any atom is -0.478 e. The number of alkyl halides is 3. The number of benzene rings is 3. The number of aromatic nitrogens is 1. The van der Waals surface area contributed by atoms with E-state index in [0.717, 1.165) is 0 Å². The van der Waals surface area contributed by atoms with E-state index < -0.39 is 12.3 Å². The van der Waals surface area contributed by atoms with E-state index in [0.29, 0.717) is 37.8 Å². The first-order chi connectivity index (χ1) is 13.2. The number of ether oxygens (including phenoxy) is 1. The highest BCUT2D eigenvalue weighted by Gasteiger charge is 2.31. The first kappa shape index (κ1) is 18.2. The summed E-state index contributed by atoms with van der Waals surface area (Å²) in [6.07, 6.45) is -4.80. The minimum atomic E-state index is -4.80. The van der Waals surface area contributed by atoms with Gasteiger partial charge in [0.2, 0.25) is 0 Å². The number of fused-ring (bicyclic) bond motifs is 3. The second-order valence-electron chi connectivity index (χ2n) is 6.15. The lowest BCUT2D eigenvalue weighted by atomic mass is 9.97. The Kier molecular flexibility index (Phi) is 4.23. The lowest BCUT2D eigenvalue weighted by Crippen LogP contribution is -2.17. The molecule has 1 aromatic heterocycles. The van der Waals surface area contributed by atoms with Crippen LogP contribution in [0.4, 0.5) is 13.2 Å². The fraction of sp³-hybridized carbons (Fsp3) is 0.0500. The van der Waals surface area contributed by atoms with E-state index in [1.165, 1.54) is 24.3 Å². The van der Waals surface area contributed by atoms with Crippen molar-refractivity contribution in [3.8, 4) is 16.9 Å². The summed E-state index contributed by atoms with van der Waals surface area (Å²) in [5.41, 5.74) is 2.36. The molecule has 0 saturated heterocycles. The molecule has 28 heavy (non-hydrogen) atoms. The Labute approximate surface area is 162 Å². The molecule has 0 saturated carbocycles. The number of carboxylic acid groups (broad SMARTS) is 1. The molecular weight excluding hydrogens is 391 g/mol. The predicted octanol–water partition coefficient (Wildman–Crippen LogP) is 5.87. The summed E-state index contributed by atoms with van der Waals surface area (Å²) >= 11 is 4.25. The third-order valence-corrected chi connectivity index (χ3v) is 4.57. The lowest BCUT2D eigenvalue weighted by Gasteiger charge is -2.11. The molecule has 0 atom stereocenters. The number of hydrogen-bond acceptors (Lipinski definition) is 3. The fourth-order valence-electron chi connectivity index (χ4n) is 3.34. The van der Waals surface area contributed by atoms with Gasteiger partial charge in [-0.15, -0.1) is 25.8 Å². The number of nitrogens with one attached hydrogen (secondary N) is 1. The summed E-state index contributed by atoms with van der Waals surface area (Å²) in [5.74, 6) is -1.47. The summed E-state index contributed by atoms with van der Waals surface area (Å²) in [5, 5.41) is 10.7. The van der Waals surface area contributed by atoms with Gasteiger partial charge in [-0.05, 0) is 41.5 Å². The molecule has 0 fully saturated rings. The lowest BCUT2D eigenvalue weighted by molar-refractivity contribution is -0.274. The molecule has 4 aromatic rings. The minimum absolute atomic E-state index is 0.0592. The van der Waals surface area contributed by atoms with Crippen LogP contribution in [0.25, 0.3) is 32.9 Å². The van der Waals surface area contributed by atoms with Gasteiger partial charge < -0.3 is 14.8 Å². The van der Waals surface area contributed by atoms with Crippen LogP contribution in [-0.4, -0.2) is 22.4 Å². The number of aromatic carboxylic acids is 1. The topological polar surface area (TPSA) is 62.3 Å². The van der Waals surface area contributed by atoms with E-state index in [4.69, 9.17) is 0 Å². The standard InChI is InChI=1S/C20H12F3NO3S/c21-20(22,23)27-11-4-1-3-10(7-11)13-5-2-6-15-17(13)18-14(19(25)26)8-12(28)9-16(18)24-15/h1-9,24,28H,(H,25,26). The van der Waals surface area contributed by atoms with E-state index in [1.807, 2.05) is 0 Å². The van der Waals surface area contributed by atoms with Crippen molar-refractivity contribution in [3.63, 3.8) is 0 Å². The molecular formula is C20H12F3NO3S. The molecule has 3 aromatic carbocycles. The maximum Gasteiger partial charge on any atom is 0.573 e. The average molecular weight is 403 g/mol. The molecule has 0 aliphatic carbocycles. The highest BCUT2D eigenvalue weighted by Crippen LogP contribution is 2.38. The molecule has 8 heteroatoms. The summed E-state index contributed by atoms with van der Waals surface area (Å²) in [4.78, 5) is 15.4. The van der Waals surface area contributed by atoms with Crippen LogP contribution in [0.2, 0.25) is 0 Å². The number of hydrogen-bond donors (Lipinski definition) is 3. The Hall–Kier alpha value is -3.13. The Morgan fingerprint density at radius 2 is 1.75 bits per heavy atom. The molecule has 4 nitrogen and oxygen atoms in total. The number of aromatic amines is 1. The number of H-pyrrole nitrogens is 1. The highest BCUT2D eigenvalue weighted by molar-refractivity contribution is 7.80. The number of rotatable bonds is 3. The van der Waals surface area contributed by atoms with Crippen molar-refractivity contribution < 1.29 is 27.8 Å². The third kappa shape index (κ3) is 3.27. The van der Waals surface area contributed by atoms with Gasteiger partial charge in [0, 0.05) is 26.7 Å². The normalized spacial score (nSPS) is 11.9. The Morgan fingerprint density at radius 1 is 1.00 bits per heavy atom. The maximum absolute atomic E-state index is 12.6. The molecule has 1 heterocycles. The third-order valence-electron chi connectivity index (χ3n) is 4.32. The van der Waals surface area contributed by atoms with Crippen molar-refractivity contribution in [2.75, 3.05) is 0 Å². The fourth-order valence-corrected chi connectivity index (χ4v) is 3.59. The van der Waals surface area contributed by atoms with Crippen molar-refractivity contribution in [3.05, 3.63) is 60.2 Å². The zero-order chi connectivity index (χ0) is 20.1. The Morgan fingerprint density at radius 3 is 2.46 bits per heavy atom. The molecule has 0 bridgehead atoms. The van der Waals surface area contributed by atoms with Gasteiger partial charge in [-0.2, -0.15) is 0 Å². The van der Waals surface area contributed by atoms with E-state index in [2.05, 4.69) is 22.3 Å². The second-order valence-corrected chi connectivity index (χ2v) is 6.67. The first-order valence-electron chi connectivity index (χ1n) is 8.10. The number of carbonyl (C=O) groups is 1. The van der Waals surface area contributed by atoms with Crippen molar-refractivity contribution in [2.45, 2.75) is 11.3 Å². The molecule has 0 amide bonds. The highest BCUT2D eigenvalue weighted by atomic mass is 32.1. The zero-order valence-electron chi connectivity index (χ0n) is 14.0. The van der Waals surface area contributed by atoms with Crippen LogP contribution in [0.15, 0.2) is 59.5 Å². The van der Waals surface area contributed by atoms with Crippen LogP contribution in [0.1, 0.15) is 10.4 Å². The van der Waals surface area contributed by atoms with E-state index in [1.54, 1.807) is 30.3 Å². The smallest absolute Gasteiger partial charge is 0.478 e. The van der Waals surface area contributed by atoms with Crippen LogP contribution in [-0.2, 0) is 0 Å². The van der Waals surface area contributed by atoms with Crippen molar-refractivity contribution in [2.24, 2.45) is 0 Å². The molecule has 0 aliphatic heterocycles. The van der Waals surface area contributed by atoms with Gasteiger partial charge in [0.15, 0.2) is 0 Å². The number of thiol groups is 1. The largest absolute Gasteiger partial charge is 0.573 e. The van der Waals surface area contributed by atoms with E-state index in [9.17, 15) is 23.1 Å². The first-order valence-corrected chi connectivity index (χ1v) is 8.54. The molecule has 4 rings (SSSR count). The van der Waals surface area contributed by atoms with Gasteiger partial charge in [-0.25, -0.2) is 4.79 Å². The van der Waals surface area contributed by atoms with Crippen LogP contribution in [0.3, 0.4) is 0 Å². The number of halogens is 3. The maximum atomic E-state index is 12.6. The van der Waals surface area contributed by atoms with Crippen molar-refractivity contribution in [1.29, 1.82) is 0 Å². The predicted molar refractivity (Wildman–Crippen MR) is 102 cm³/mol. The summed E-state index contributed by atoms with van der Waals surface area (Å²) in [6.45, 7) is 0. The molecule has 0 unspecified atom stereocenters. The summed E-state index contributed by atoms with van der Waals surface area (Å²) < 4.78 is 41.7. The van der Waals surface area contributed by atoms with Gasteiger partial charge in [-0.3, -0.25) is 0 Å². The average Bonchev–Trinajstić information content (AvgIpc) is 2.97. The Balaban J connectivity index is 2.01. The molecule has 0 spiro atoms. The van der Waals surface area contributed by atoms with E-state index in [-0.39, 0.29) is 11.3 Å². The van der Waals surface area contributed by atoms with Gasteiger partial charge in [-0.1, -0.05) is 24.3 Å². The number of carboxylic acids is 1. The van der Waals surface area contributed by atoms with Gasteiger partial charge in [0.25, 0.3) is 0 Å².